The number of hydrogen-bond acceptors (Lipinski definition) is 6. The Bertz CT molecular complexity index is 898. The lowest BCUT2D eigenvalue weighted by Crippen LogP contribution is -2.41. The van der Waals surface area contributed by atoms with Crippen LogP contribution in [0.5, 0.6) is 5.75 Å². The Labute approximate surface area is 148 Å². The van der Waals surface area contributed by atoms with Gasteiger partial charge in [-0.25, -0.2) is 4.79 Å². The predicted octanol–water partition coefficient (Wildman–Crippen LogP) is 1.77. The minimum atomic E-state index is -0.649. The smallest absolute Gasteiger partial charge is 0.356 e. The van der Waals surface area contributed by atoms with Gasteiger partial charge in [0.05, 0.1) is 17.2 Å². The van der Waals surface area contributed by atoms with Gasteiger partial charge in [0.2, 0.25) is 5.91 Å². The molecule has 1 atom stereocenters. The second-order valence-corrected chi connectivity index (χ2v) is 7.32. The van der Waals surface area contributed by atoms with Crippen LogP contribution in [0.2, 0.25) is 0 Å². The van der Waals surface area contributed by atoms with E-state index in [0.717, 1.165) is 21.2 Å². The topological polar surface area (TPSA) is 77.8 Å². The van der Waals surface area contributed by atoms with Crippen LogP contribution in [-0.4, -0.2) is 41.1 Å². The molecule has 0 saturated carbocycles. The molecule has 1 aromatic carbocycles. The second kappa shape index (κ2) is 6.51. The Hall–Kier alpha value is -2.35. The first kappa shape index (κ1) is 17.5. The van der Waals surface area contributed by atoms with E-state index in [1.165, 1.54) is 4.90 Å². The number of carbonyl (C=O) groups is 2. The van der Waals surface area contributed by atoms with E-state index in [2.05, 4.69) is 0 Å². The number of amides is 1. The average Bonchev–Trinajstić information content (AvgIpc) is 3.07. The van der Waals surface area contributed by atoms with Crippen LogP contribution in [0.3, 0.4) is 0 Å². The second-order valence-electron chi connectivity index (χ2n) is 6.37. The quantitative estimate of drug-likeness (QED) is 0.826. The monoisotopic (exact) mass is 364 g/mol. The maximum absolute atomic E-state index is 12.7. The molecule has 0 spiro atoms. The van der Waals surface area contributed by atoms with Gasteiger partial charge in [0, 0.05) is 13.5 Å². The molecule has 3 rings (SSSR count). The van der Waals surface area contributed by atoms with E-state index in [0.29, 0.717) is 28.7 Å². The number of carbonyl (C=O) groups excluding carboxylic acids is 2. The molecule has 1 saturated heterocycles. The first-order valence-electron chi connectivity index (χ1n) is 8.05. The fourth-order valence-electron chi connectivity index (χ4n) is 2.99. The van der Waals surface area contributed by atoms with Gasteiger partial charge < -0.3 is 14.5 Å². The van der Waals surface area contributed by atoms with Crippen LogP contribution in [0.25, 0.3) is 10.1 Å². The summed E-state index contributed by atoms with van der Waals surface area (Å²) in [6.45, 7) is 3.97. The van der Waals surface area contributed by atoms with Gasteiger partial charge in [0.25, 0.3) is 0 Å². The number of aromatic nitrogens is 1. The largest absolute Gasteiger partial charge is 0.497 e. The van der Waals surface area contributed by atoms with Crippen LogP contribution in [-0.2, 0) is 9.59 Å². The molecular weight excluding hydrogens is 344 g/mol. The molecule has 0 N–H and O–H groups in total. The molecule has 1 aliphatic rings. The van der Waals surface area contributed by atoms with Crippen molar-refractivity contribution in [2.45, 2.75) is 38.6 Å². The molecule has 25 heavy (non-hydrogen) atoms. The zero-order valence-electron chi connectivity index (χ0n) is 14.6. The lowest BCUT2D eigenvalue weighted by molar-refractivity contribution is -0.150. The van der Waals surface area contributed by atoms with Crippen molar-refractivity contribution in [3.05, 3.63) is 28.0 Å². The van der Waals surface area contributed by atoms with E-state index in [1.54, 1.807) is 20.2 Å². The van der Waals surface area contributed by atoms with Crippen LogP contribution < -0.4 is 15.1 Å². The number of hydrogen-bond donors (Lipinski definition) is 0. The molecule has 0 radical (unpaired) electrons. The van der Waals surface area contributed by atoms with Crippen molar-refractivity contribution in [2.75, 3.05) is 14.2 Å². The normalized spacial score (nSPS) is 17.6. The van der Waals surface area contributed by atoms with Crippen molar-refractivity contribution in [3.63, 3.8) is 0 Å². The highest BCUT2D eigenvalue weighted by molar-refractivity contribution is 7.13. The molecule has 1 fully saturated rings. The van der Waals surface area contributed by atoms with Crippen molar-refractivity contribution in [1.29, 1.82) is 0 Å². The van der Waals surface area contributed by atoms with Crippen molar-refractivity contribution in [3.8, 4) is 5.75 Å². The fourth-order valence-corrected chi connectivity index (χ4v) is 3.92. The van der Waals surface area contributed by atoms with Crippen LogP contribution >= 0.6 is 11.5 Å². The van der Waals surface area contributed by atoms with Gasteiger partial charge >= 0.3 is 11.5 Å². The molecule has 2 heterocycles. The summed E-state index contributed by atoms with van der Waals surface area (Å²) in [4.78, 5) is 43.3. The van der Waals surface area contributed by atoms with Crippen molar-refractivity contribution >= 4 is 33.5 Å². The van der Waals surface area contributed by atoms with Crippen LogP contribution in [0, 0.1) is 0 Å². The Balaban J connectivity index is 1.99. The van der Waals surface area contributed by atoms with Gasteiger partial charge in [-0.2, -0.15) is 0 Å². The summed E-state index contributed by atoms with van der Waals surface area (Å²) >= 11 is 1.05. The molecular formula is C17H20N2O5S. The number of rotatable bonds is 4. The summed E-state index contributed by atoms with van der Waals surface area (Å²) in [6, 6.07) is 2.93. The van der Waals surface area contributed by atoms with Crippen molar-refractivity contribution < 1.29 is 19.2 Å². The number of likely N-dealkylation sites (tertiary alicyclic amines) is 1. The average molecular weight is 364 g/mol. The Morgan fingerprint density at radius 1 is 1.32 bits per heavy atom. The van der Waals surface area contributed by atoms with Gasteiger partial charge in [-0.1, -0.05) is 18.0 Å². The third-order valence-corrected chi connectivity index (χ3v) is 5.39. The van der Waals surface area contributed by atoms with Crippen LogP contribution in [0.4, 0.5) is 0 Å². The van der Waals surface area contributed by atoms with Crippen molar-refractivity contribution in [1.82, 2.24) is 9.02 Å². The standard InChI is InChI=1S/C17H20N2O5S/c1-9(2)11-7-10(23-4)8-13-15(11)16(21)19(25-13)24-17(22)12-5-6-14(20)18(12)3/h7-9,12H,5-6H2,1-4H3. The van der Waals surface area contributed by atoms with Crippen molar-refractivity contribution in [2.24, 2.45) is 0 Å². The summed E-state index contributed by atoms with van der Waals surface area (Å²) in [5.41, 5.74) is 0.477. The van der Waals surface area contributed by atoms with Crippen LogP contribution in [0.15, 0.2) is 16.9 Å². The molecule has 2 aromatic rings. The number of nitrogens with zero attached hydrogens (tertiary/aromatic N) is 2. The molecule has 7 nitrogen and oxygen atoms in total. The van der Waals surface area contributed by atoms with E-state index in [9.17, 15) is 14.4 Å². The Morgan fingerprint density at radius 2 is 2.04 bits per heavy atom. The molecule has 1 unspecified atom stereocenters. The molecule has 134 valence electrons. The first-order valence-corrected chi connectivity index (χ1v) is 8.82. The maximum Gasteiger partial charge on any atom is 0.356 e. The number of ether oxygens (including phenoxy) is 1. The minimum Gasteiger partial charge on any atom is -0.497 e. The summed E-state index contributed by atoms with van der Waals surface area (Å²) in [6.07, 6.45) is 0.713. The number of fused-ring (bicyclic) bond motifs is 1. The van der Waals surface area contributed by atoms with Crippen LogP contribution in [0.1, 0.15) is 38.2 Å². The molecule has 1 amide bonds. The minimum absolute atomic E-state index is 0.0996. The summed E-state index contributed by atoms with van der Waals surface area (Å²) in [7, 11) is 3.13. The Kier molecular flexibility index (Phi) is 4.55. The Morgan fingerprint density at radius 3 is 2.60 bits per heavy atom. The lowest BCUT2D eigenvalue weighted by Gasteiger charge is -2.17. The van der Waals surface area contributed by atoms with Gasteiger partial charge in [-0.05, 0) is 41.6 Å². The summed E-state index contributed by atoms with van der Waals surface area (Å²) in [5, 5.41) is 0.532. The van der Waals surface area contributed by atoms with Gasteiger partial charge in [0.15, 0.2) is 0 Å². The highest BCUT2D eigenvalue weighted by atomic mass is 32.1. The summed E-state index contributed by atoms with van der Waals surface area (Å²) < 4.78 is 6.98. The highest BCUT2D eigenvalue weighted by Gasteiger charge is 2.35. The highest BCUT2D eigenvalue weighted by Crippen LogP contribution is 2.31. The number of likely N-dealkylation sites (N-methyl/N-ethyl adjacent to an activating group) is 1. The van der Waals surface area contributed by atoms with Gasteiger partial charge in [-0.3, -0.25) is 9.59 Å². The predicted molar refractivity (Wildman–Crippen MR) is 94.1 cm³/mol. The zero-order chi connectivity index (χ0) is 18.3. The lowest BCUT2D eigenvalue weighted by atomic mass is 9.99. The maximum atomic E-state index is 12.7. The number of methoxy groups -OCH3 is 1. The SMILES string of the molecule is COc1cc(C(C)C)c2c(=O)n(OC(=O)C3CCC(=O)N3C)sc2c1. The molecule has 1 aliphatic heterocycles. The third kappa shape index (κ3) is 3.02. The van der Waals surface area contributed by atoms with E-state index in [-0.39, 0.29) is 17.4 Å². The molecule has 0 aliphatic carbocycles. The van der Waals surface area contributed by atoms with Gasteiger partial charge in [0.1, 0.15) is 11.8 Å². The van der Waals surface area contributed by atoms with Gasteiger partial charge in [-0.15, -0.1) is 0 Å². The third-order valence-electron chi connectivity index (χ3n) is 4.46. The number of benzene rings is 1. The van der Waals surface area contributed by atoms with E-state index >= 15 is 0 Å². The molecule has 8 heteroatoms. The summed E-state index contributed by atoms with van der Waals surface area (Å²) in [5.74, 6) is 0.0669. The van der Waals surface area contributed by atoms with E-state index in [4.69, 9.17) is 9.57 Å². The molecule has 0 bridgehead atoms. The molecule has 1 aromatic heterocycles. The van der Waals surface area contributed by atoms with E-state index in [1.807, 2.05) is 19.9 Å². The fraction of sp³-hybridized carbons (Fsp3) is 0.471. The zero-order valence-corrected chi connectivity index (χ0v) is 15.4. The van der Waals surface area contributed by atoms with E-state index < -0.39 is 12.0 Å². The first-order chi connectivity index (χ1) is 11.8.